The number of nitrogens with two attached hydrogens (primary N) is 1. The van der Waals surface area contributed by atoms with E-state index in [1.54, 1.807) is 0 Å². The molecule has 0 radical (unpaired) electrons. The number of rotatable bonds is 4. The molecule has 88 valence electrons. The molecule has 2 N–H and O–H groups in total. The van der Waals surface area contributed by atoms with Crippen LogP contribution in [-0.4, -0.2) is 5.91 Å². The van der Waals surface area contributed by atoms with Crippen molar-refractivity contribution in [3.05, 3.63) is 34.9 Å². The third kappa shape index (κ3) is 3.37. The molecule has 1 aromatic carbocycles. The molecule has 0 saturated carbocycles. The summed E-state index contributed by atoms with van der Waals surface area (Å²) in [5.41, 5.74) is 9.02. The van der Waals surface area contributed by atoms with Crippen molar-refractivity contribution in [2.24, 2.45) is 11.7 Å². The van der Waals surface area contributed by atoms with Gasteiger partial charge in [-0.05, 0) is 31.2 Å². The van der Waals surface area contributed by atoms with Crippen molar-refractivity contribution in [1.82, 2.24) is 0 Å². The zero-order valence-electron chi connectivity index (χ0n) is 10.6. The highest BCUT2D eigenvalue weighted by molar-refractivity contribution is 5.74. The van der Waals surface area contributed by atoms with Gasteiger partial charge in [0, 0.05) is 6.42 Å². The van der Waals surface area contributed by atoms with Gasteiger partial charge in [-0.2, -0.15) is 0 Å². The normalized spacial score (nSPS) is 12.8. The van der Waals surface area contributed by atoms with Crippen LogP contribution in [-0.2, 0) is 4.79 Å². The monoisotopic (exact) mass is 219 g/mol. The minimum Gasteiger partial charge on any atom is -0.370 e. The number of amides is 1. The Kier molecular flexibility index (Phi) is 4.11. The summed E-state index contributed by atoms with van der Waals surface area (Å²) >= 11 is 0. The first-order valence-electron chi connectivity index (χ1n) is 5.76. The van der Waals surface area contributed by atoms with Crippen molar-refractivity contribution in [1.29, 1.82) is 0 Å². The van der Waals surface area contributed by atoms with Crippen molar-refractivity contribution in [2.75, 3.05) is 0 Å². The van der Waals surface area contributed by atoms with Gasteiger partial charge in [-0.1, -0.05) is 43.2 Å². The number of benzene rings is 1. The van der Waals surface area contributed by atoms with Crippen LogP contribution in [0.25, 0.3) is 0 Å². The molecular weight excluding hydrogens is 198 g/mol. The fraction of sp³-hybridized carbons (Fsp3) is 0.500. The predicted octanol–water partition coefficient (Wildman–Crippen LogP) is 2.92. The standard InChI is InChI=1S/C14H21NO/c1-9(2)13(8-14(15)16)12-6-10(3)5-11(4)7-12/h5-7,9,13H,8H2,1-4H3,(H2,15,16). The second kappa shape index (κ2) is 5.15. The first-order valence-corrected chi connectivity index (χ1v) is 5.76. The highest BCUT2D eigenvalue weighted by atomic mass is 16.1. The molecule has 0 fully saturated rings. The van der Waals surface area contributed by atoms with E-state index in [-0.39, 0.29) is 11.8 Å². The van der Waals surface area contributed by atoms with Crippen LogP contribution in [0.4, 0.5) is 0 Å². The van der Waals surface area contributed by atoms with Gasteiger partial charge in [0.1, 0.15) is 0 Å². The first-order chi connectivity index (χ1) is 7.40. The number of carbonyl (C=O) groups is 1. The second-order valence-corrected chi connectivity index (χ2v) is 4.94. The summed E-state index contributed by atoms with van der Waals surface area (Å²) in [6.07, 6.45) is 0.431. The van der Waals surface area contributed by atoms with Gasteiger partial charge >= 0.3 is 0 Å². The Morgan fingerprint density at radius 2 is 1.69 bits per heavy atom. The minimum absolute atomic E-state index is 0.224. The molecule has 2 nitrogen and oxygen atoms in total. The number of carbonyl (C=O) groups excluding carboxylic acids is 1. The Bertz CT molecular complexity index is 362. The SMILES string of the molecule is Cc1cc(C)cc(C(CC(N)=O)C(C)C)c1. The molecule has 16 heavy (non-hydrogen) atoms. The number of hydrogen-bond donors (Lipinski definition) is 1. The van der Waals surface area contributed by atoms with Crippen LogP contribution in [0, 0.1) is 19.8 Å². The van der Waals surface area contributed by atoms with Gasteiger partial charge in [0.25, 0.3) is 0 Å². The van der Waals surface area contributed by atoms with Crippen LogP contribution in [0.5, 0.6) is 0 Å². The molecule has 0 saturated heterocycles. The summed E-state index contributed by atoms with van der Waals surface area (Å²) in [4.78, 5) is 11.1. The van der Waals surface area contributed by atoms with Gasteiger partial charge in [-0.3, -0.25) is 4.79 Å². The van der Waals surface area contributed by atoms with Crippen molar-refractivity contribution in [2.45, 2.75) is 40.0 Å². The van der Waals surface area contributed by atoms with Crippen LogP contribution in [0.3, 0.4) is 0 Å². The summed E-state index contributed by atoms with van der Waals surface area (Å²) in [7, 11) is 0. The second-order valence-electron chi connectivity index (χ2n) is 4.94. The van der Waals surface area contributed by atoms with Crippen LogP contribution < -0.4 is 5.73 Å². The highest BCUT2D eigenvalue weighted by Crippen LogP contribution is 2.29. The summed E-state index contributed by atoms with van der Waals surface area (Å²) in [5, 5.41) is 0. The third-order valence-corrected chi connectivity index (χ3v) is 2.90. The molecule has 1 aromatic rings. The fourth-order valence-corrected chi connectivity index (χ4v) is 2.18. The largest absolute Gasteiger partial charge is 0.370 e. The molecule has 0 aromatic heterocycles. The summed E-state index contributed by atoms with van der Waals surface area (Å²) in [6.45, 7) is 8.42. The smallest absolute Gasteiger partial charge is 0.218 e. The molecule has 1 unspecified atom stereocenters. The molecule has 1 atom stereocenters. The van der Waals surface area contributed by atoms with Crippen molar-refractivity contribution in [3.8, 4) is 0 Å². The zero-order chi connectivity index (χ0) is 12.3. The summed E-state index contributed by atoms with van der Waals surface area (Å²) in [6, 6.07) is 6.45. The Morgan fingerprint density at radius 3 is 2.06 bits per heavy atom. The molecule has 1 rings (SSSR count). The van der Waals surface area contributed by atoms with E-state index in [9.17, 15) is 4.79 Å². The molecule has 0 bridgehead atoms. The van der Waals surface area contributed by atoms with Crippen LogP contribution in [0.15, 0.2) is 18.2 Å². The van der Waals surface area contributed by atoms with E-state index in [1.165, 1.54) is 16.7 Å². The quantitative estimate of drug-likeness (QED) is 0.831. The lowest BCUT2D eigenvalue weighted by Gasteiger charge is -2.21. The number of hydrogen-bond acceptors (Lipinski definition) is 1. The van der Waals surface area contributed by atoms with Gasteiger partial charge in [-0.25, -0.2) is 0 Å². The van der Waals surface area contributed by atoms with E-state index in [0.29, 0.717) is 12.3 Å². The Balaban J connectivity index is 3.05. The maximum atomic E-state index is 11.1. The lowest BCUT2D eigenvalue weighted by molar-refractivity contribution is -0.118. The molecule has 0 aliphatic carbocycles. The Labute approximate surface area is 97.9 Å². The molecule has 1 amide bonds. The maximum Gasteiger partial charge on any atom is 0.218 e. The van der Waals surface area contributed by atoms with Crippen LogP contribution in [0.2, 0.25) is 0 Å². The van der Waals surface area contributed by atoms with Gasteiger partial charge < -0.3 is 5.73 Å². The molecule has 0 heterocycles. The number of primary amides is 1. The Morgan fingerprint density at radius 1 is 1.19 bits per heavy atom. The highest BCUT2D eigenvalue weighted by Gasteiger charge is 2.18. The molecule has 0 aliphatic rings. The lowest BCUT2D eigenvalue weighted by atomic mass is 9.84. The van der Waals surface area contributed by atoms with E-state index in [1.807, 2.05) is 0 Å². The van der Waals surface area contributed by atoms with Crippen molar-refractivity contribution < 1.29 is 4.79 Å². The van der Waals surface area contributed by atoms with E-state index in [2.05, 4.69) is 45.9 Å². The van der Waals surface area contributed by atoms with E-state index in [0.717, 1.165) is 0 Å². The predicted molar refractivity (Wildman–Crippen MR) is 67.3 cm³/mol. The topological polar surface area (TPSA) is 43.1 Å². The van der Waals surface area contributed by atoms with Gasteiger partial charge in [0.05, 0.1) is 0 Å². The van der Waals surface area contributed by atoms with E-state index >= 15 is 0 Å². The zero-order valence-corrected chi connectivity index (χ0v) is 10.6. The average Bonchev–Trinajstić information content (AvgIpc) is 2.11. The Hall–Kier alpha value is -1.31. The van der Waals surface area contributed by atoms with E-state index < -0.39 is 0 Å². The molecule has 2 heteroatoms. The van der Waals surface area contributed by atoms with Crippen LogP contribution in [0.1, 0.15) is 42.9 Å². The molecule has 0 spiro atoms. The van der Waals surface area contributed by atoms with E-state index in [4.69, 9.17) is 5.73 Å². The van der Waals surface area contributed by atoms with Crippen molar-refractivity contribution in [3.63, 3.8) is 0 Å². The summed E-state index contributed by atoms with van der Waals surface area (Å²) < 4.78 is 0. The van der Waals surface area contributed by atoms with Gasteiger partial charge in [0.2, 0.25) is 5.91 Å². The lowest BCUT2D eigenvalue weighted by Crippen LogP contribution is -2.18. The van der Waals surface area contributed by atoms with Crippen LogP contribution >= 0.6 is 0 Å². The molecular formula is C14H21NO. The third-order valence-electron chi connectivity index (χ3n) is 2.90. The average molecular weight is 219 g/mol. The fourth-order valence-electron chi connectivity index (χ4n) is 2.18. The first kappa shape index (κ1) is 12.8. The van der Waals surface area contributed by atoms with Crippen molar-refractivity contribution >= 4 is 5.91 Å². The minimum atomic E-state index is -0.224. The number of aryl methyl sites for hydroxylation is 2. The summed E-state index contributed by atoms with van der Waals surface area (Å²) in [5.74, 6) is 0.433. The van der Waals surface area contributed by atoms with Gasteiger partial charge in [-0.15, -0.1) is 0 Å². The van der Waals surface area contributed by atoms with Gasteiger partial charge in [0.15, 0.2) is 0 Å². The maximum absolute atomic E-state index is 11.1. The molecule has 0 aliphatic heterocycles.